The van der Waals surface area contributed by atoms with Crippen LogP contribution in [0.5, 0.6) is 11.5 Å². The number of carbonyl (C=O) groups is 1. The Kier molecular flexibility index (Phi) is 6.19. The van der Waals surface area contributed by atoms with Crippen LogP contribution in [0.25, 0.3) is 10.8 Å². The van der Waals surface area contributed by atoms with E-state index in [2.05, 4.69) is 23.5 Å². The first-order valence-corrected chi connectivity index (χ1v) is 13.1. The highest BCUT2D eigenvalue weighted by Gasteiger charge is 2.68. The largest absolute Gasteiger partial charge is 0.490 e. The molecule has 4 aromatic rings. The lowest BCUT2D eigenvalue weighted by Crippen LogP contribution is -2.54. The number of carbonyl (C=O) groups excluding carboxylic acids is 1. The van der Waals surface area contributed by atoms with Gasteiger partial charge in [-0.05, 0) is 54.1 Å². The zero-order valence-electron chi connectivity index (χ0n) is 21.8. The fourth-order valence-electron chi connectivity index (χ4n) is 6.30. The number of benzene rings is 4. The number of hydrogen-bond acceptors (Lipinski definition) is 6. The first-order valence-electron chi connectivity index (χ1n) is 13.1. The van der Waals surface area contributed by atoms with Gasteiger partial charge in [-0.2, -0.15) is 0 Å². The zero-order chi connectivity index (χ0) is 27.1. The number of hydrogen-bond donors (Lipinski definition) is 1. The van der Waals surface area contributed by atoms with Gasteiger partial charge in [0.25, 0.3) is 11.9 Å². The average molecular weight is 524 g/mol. The molecule has 2 aliphatic heterocycles. The Morgan fingerprint density at radius 2 is 1.77 bits per heavy atom. The van der Waals surface area contributed by atoms with Crippen molar-refractivity contribution in [1.29, 1.82) is 0 Å². The van der Waals surface area contributed by atoms with Crippen LogP contribution in [-0.2, 0) is 16.9 Å². The minimum atomic E-state index is -1.39. The second-order valence-corrected chi connectivity index (χ2v) is 10.0. The van der Waals surface area contributed by atoms with E-state index in [0.29, 0.717) is 42.5 Å². The molecule has 2 aliphatic rings. The minimum absolute atomic E-state index is 0.304. The molecule has 1 fully saturated rings. The van der Waals surface area contributed by atoms with Gasteiger partial charge in [0, 0.05) is 22.7 Å². The maximum atomic E-state index is 13.4. The Morgan fingerprint density at radius 3 is 2.59 bits per heavy atom. The van der Waals surface area contributed by atoms with Gasteiger partial charge in [0.2, 0.25) is 0 Å². The van der Waals surface area contributed by atoms with Crippen molar-refractivity contribution in [2.75, 3.05) is 25.5 Å². The van der Waals surface area contributed by atoms with Gasteiger partial charge in [-0.25, -0.2) is 0 Å². The van der Waals surface area contributed by atoms with E-state index in [4.69, 9.17) is 9.47 Å². The van der Waals surface area contributed by atoms with Crippen LogP contribution in [0.3, 0.4) is 0 Å². The molecular weight excluding hydrogens is 494 g/mol. The van der Waals surface area contributed by atoms with E-state index in [1.54, 1.807) is 19.2 Å². The Hall–Kier alpha value is -4.43. The summed E-state index contributed by atoms with van der Waals surface area (Å²) in [6.45, 7) is 3.00. The molecule has 0 bridgehead atoms. The summed E-state index contributed by atoms with van der Waals surface area (Å²) in [6.07, 6.45) is 0. The van der Waals surface area contributed by atoms with Crippen LogP contribution in [0.1, 0.15) is 29.5 Å². The van der Waals surface area contributed by atoms with Gasteiger partial charge in [-0.15, -0.1) is 0 Å². The number of nitro groups is 1. The summed E-state index contributed by atoms with van der Waals surface area (Å²) >= 11 is 0. The number of ether oxygens (including phenoxy) is 2. The third-order valence-electron chi connectivity index (χ3n) is 8.00. The van der Waals surface area contributed by atoms with Crippen LogP contribution < -0.4 is 14.8 Å². The van der Waals surface area contributed by atoms with E-state index in [9.17, 15) is 14.9 Å². The van der Waals surface area contributed by atoms with Crippen molar-refractivity contribution in [2.24, 2.45) is 0 Å². The first kappa shape index (κ1) is 24.9. The molecule has 0 saturated carbocycles. The van der Waals surface area contributed by atoms with Gasteiger partial charge >= 0.3 is 0 Å². The minimum Gasteiger partial charge on any atom is -0.490 e. The van der Waals surface area contributed by atoms with E-state index in [1.165, 1.54) is 0 Å². The Labute approximate surface area is 226 Å². The highest BCUT2D eigenvalue weighted by Crippen LogP contribution is 2.52. The highest BCUT2D eigenvalue weighted by molar-refractivity contribution is 6.06. The Balaban J connectivity index is 1.34. The van der Waals surface area contributed by atoms with Crippen LogP contribution >= 0.6 is 0 Å². The van der Waals surface area contributed by atoms with Gasteiger partial charge in [0.05, 0.1) is 12.5 Å². The van der Waals surface area contributed by atoms with E-state index < -0.39 is 17.5 Å². The fraction of sp³-hybridized carbons (Fsp3) is 0.258. The normalized spacial score (nSPS) is 22.2. The summed E-state index contributed by atoms with van der Waals surface area (Å²) in [7, 11) is 1.78. The second-order valence-electron chi connectivity index (χ2n) is 10.0. The molecule has 1 N–H and O–H groups in total. The number of nitrogens with zero attached hydrogens (tertiary/aromatic N) is 2. The lowest BCUT2D eigenvalue weighted by molar-refractivity contribution is -0.534. The van der Waals surface area contributed by atoms with Crippen molar-refractivity contribution in [3.63, 3.8) is 0 Å². The molecule has 0 radical (unpaired) electrons. The number of nitrogens with one attached hydrogen (secondary N) is 1. The SMILES string of the molecule is CCOc1cc([C@@H]2CN(C)[C@@]3(C(=O)Nc4ccccc43)[C@H]2[N+](=O)[O-])ccc1OCc1cccc2ccccc12. The van der Waals surface area contributed by atoms with Gasteiger partial charge in [-0.3, -0.25) is 19.8 Å². The van der Waals surface area contributed by atoms with Crippen LogP contribution in [0.15, 0.2) is 84.9 Å². The predicted octanol–water partition coefficient (Wildman–Crippen LogP) is 5.34. The average Bonchev–Trinajstić information content (AvgIpc) is 3.42. The molecule has 6 rings (SSSR count). The smallest absolute Gasteiger partial charge is 0.256 e. The topological polar surface area (TPSA) is 93.9 Å². The number of amides is 1. The van der Waals surface area contributed by atoms with Gasteiger partial charge in [0.15, 0.2) is 17.0 Å². The monoisotopic (exact) mass is 523 g/mol. The molecule has 8 nitrogen and oxygen atoms in total. The van der Waals surface area contributed by atoms with Crippen LogP contribution in [0.4, 0.5) is 5.69 Å². The van der Waals surface area contributed by atoms with Gasteiger partial charge in [-0.1, -0.05) is 66.7 Å². The van der Waals surface area contributed by atoms with Crippen molar-refractivity contribution >= 4 is 22.4 Å². The van der Waals surface area contributed by atoms with E-state index >= 15 is 0 Å². The number of anilines is 1. The lowest BCUT2D eigenvalue weighted by Gasteiger charge is -2.30. The third-order valence-corrected chi connectivity index (χ3v) is 8.00. The second kappa shape index (κ2) is 9.71. The molecule has 0 aliphatic carbocycles. The first-order chi connectivity index (χ1) is 18.9. The molecule has 4 aromatic carbocycles. The molecule has 1 saturated heterocycles. The number of likely N-dealkylation sites (N-methyl/N-ethyl adjacent to an activating group) is 1. The summed E-state index contributed by atoms with van der Waals surface area (Å²) in [5, 5.41) is 17.8. The third kappa shape index (κ3) is 3.90. The Morgan fingerprint density at radius 1 is 1.00 bits per heavy atom. The summed E-state index contributed by atoms with van der Waals surface area (Å²) < 4.78 is 12.2. The lowest BCUT2D eigenvalue weighted by atomic mass is 9.79. The number of fused-ring (bicyclic) bond motifs is 3. The molecule has 1 amide bonds. The van der Waals surface area contributed by atoms with Gasteiger partial charge < -0.3 is 14.8 Å². The van der Waals surface area contributed by atoms with Crippen molar-refractivity contribution in [3.05, 3.63) is 112 Å². The molecule has 0 aromatic heterocycles. The molecule has 3 atom stereocenters. The van der Waals surface area contributed by atoms with Crippen molar-refractivity contribution in [1.82, 2.24) is 4.90 Å². The summed E-state index contributed by atoms with van der Waals surface area (Å²) in [4.78, 5) is 27.5. The highest BCUT2D eigenvalue weighted by atomic mass is 16.6. The van der Waals surface area contributed by atoms with E-state index in [1.807, 2.05) is 66.4 Å². The van der Waals surface area contributed by atoms with Crippen LogP contribution in [0, 0.1) is 10.1 Å². The maximum absolute atomic E-state index is 13.4. The molecule has 39 heavy (non-hydrogen) atoms. The van der Waals surface area contributed by atoms with E-state index in [0.717, 1.165) is 21.9 Å². The summed E-state index contributed by atoms with van der Waals surface area (Å²) in [5.41, 5.74) is 1.66. The van der Waals surface area contributed by atoms with Crippen molar-refractivity contribution < 1.29 is 19.2 Å². The predicted molar refractivity (Wildman–Crippen MR) is 149 cm³/mol. The van der Waals surface area contributed by atoms with Crippen molar-refractivity contribution in [3.8, 4) is 11.5 Å². The standard InChI is InChI=1S/C31H29N3O5/c1-3-38-28-17-21(15-16-27(28)39-19-22-11-8-10-20-9-4-5-12-23(20)22)24-18-33(2)31(29(24)34(36)37)25-13-6-7-14-26(25)32-30(31)35/h4-17,24,29H,3,18-19H2,1-2H3,(H,32,35)/t24-,29-,31+/m0/s1. The number of para-hydroxylation sites is 1. The maximum Gasteiger partial charge on any atom is 0.256 e. The molecule has 1 spiro atoms. The van der Waals surface area contributed by atoms with Gasteiger partial charge in [0.1, 0.15) is 6.61 Å². The molecule has 8 heteroatoms. The van der Waals surface area contributed by atoms with Crippen LogP contribution in [0.2, 0.25) is 0 Å². The molecule has 2 heterocycles. The Bertz CT molecular complexity index is 1580. The van der Waals surface area contributed by atoms with Crippen LogP contribution in [-0.4, -0.2) is 42.0 Å². The fourth-order valence-corrected chi connectivity index (χ4v) is 6.30. The molecule has 0 unspecified atom stereocenters. The summed E-state index contributed by atoms with van der Waals surface area (Å²) in [6, 6.07) is 25.8. The van der Waals surface area contributed by atoms with Crippen molar-refractivity contribution in [2.45, 2.75) is 31.0 Å². The molecule has 198 valence electrons. The number of rotatable bonds is 7. The number of likely N-dealkylation sites (tertiary alicyclic amines) is 1. The summed E-state index contributed by atoms with van der Waals surface area (Å²) in [5.74, 6) is 0.192. The quantitative estimate of drug-likeness (QED) is 0.260. The zero-order valence-corrected chi connectivity index (χ0v) is 21.8. The van der Waals surface area contributed by atoms with E-state index in [-0.39, 0.29) is 10.8 Å². The molecular formula is C31H29N3O5.